The van der Waals surface area contributed by atoms with Gasteiger partial charge in [0.2, 0.25) is 20.0 Å². The van der Waals surface area contributed by atoms with E-state index < -0.39 is 20.0 Å². The first-order valence-corrected chi connectivity index (χ1v) is 13.0. The molecule has 1 fully saturated rings. The van der Waals surface area contributed by atoms with E-state index in [0.717, 1.165) is 24.8 Å². The number of rotatable bonds is 8. The minimum absolute atomic E-state index is 0.0273. The van der Waals surface area contributed by atoms with Gasteiger partial charge in [0.1, 0.15) is 10.6 Å². The molecule has 7 nitrogen and oxygen atoms in total. The van der Waals surface area contributed by atoms with Crippen LogP contribution < -0.4 is 9.46 Å². The zero-order chi connectivity index (χ0) is 21.8. The number of methoxy groups -OCH3 is 1. The molecule has 0 aromatic heterocycles. The molecule has 30 heavy (non-hydrogen) atoms. The highest BCUT2D eigenvalue weighted by molar-refractivity contribution is 7.89. The molecule has 0 atom stereocenters. The lowest BCUT2D eigenvalue weighted by Crippen LogP contribution is -2.35. The van der Waals surface area contributed by atoms with Crippen LogP contribution in [0.5, 0.6) is 5.75 Å². The molecule has 0 bridgehead atoms. The van der Waals surface area contributed by atoms with Gasteiger partial charge in [0, 0.05) is 24.7 Å². The van der Waals surface area contributed by atoms with Gasteiger partial charge >= 0.3 is 0 Å². The molecule has 1 aliphatic heterocycles. The van der Waals surface area contributed by atoms with Gasteiger partial charge in [-0.05, 0) is 55.2 Å². The maximum Gasteiger partial charge on any atom is 0.244 e. The van der Waals surface area contributed by atoms with Crippen molar-refractivity contribution in [1.29, 1.82) is 0 Å². The van der Waals surface area contributed by atoms with Gasteiger partial charge in [-0.2, -0.15) is 4.31 Å². The third kappa shape index (κ3) is 5.33. The minimum atomic E-state index is -3.80. The molecule has 10 heteroatoms. The first-order chi connectivity index (χ1) is 14.2. The second-order valence-electron chi connectivity index (χ2n) is 7.05. The molecule has 0 spiro atoms. The van der Waals surface area contributed by atoms with E-state index >= 15 is 0 Å². The standard InChI is InChI=1S/C20H25ClN2O5S2/c1-28-19-10-7-17(21)15-20(19)29(24,25)22-12-11-16-5-8-18(9-6-16)30(26,27)23-13-3-2-4-14-23/h5-10,15,22H,2-4,11-14H2,1H3. The summed E-state index contributed by atoms with van der Waals surface area (Å²) in [5.74, 6) is 0.208. The Kier molecular flexibility index (Phi) is 7.41. The highest BCUT2D eigenvalue weighted by Gasteiger charge is 2.25. The molecule has 3 rings (SSSR count). The summed E-state index contributed by atoms with van der Waals surface area (Å²) in [6, 6.07) is 11.0. The lowest BCUT2D eigenvalue weighted by Gasteiger charge is -2.25. The molecule has 0 aliphatic carbocycles. The van der Waals surface area contributed by atoms with E-state index in [0.29, 0.717) is 24.5 Å². The van der Waals surface area contributed by atoms with Crippen molar-refractivity contribution in [3.63, 3.8) is 0 Å². The summed E-state index contributed by atoms with van der Waals surface area (Å²) in [6.07, 6.45) is 3.23. The Morgan fingerprint density at radius 3 is 2.30 bits per heavy atom. The van der Waals surface area contributed by atoms with Crippen LogP contribution in [-0.4, -0.2) is 47.9 Å². The second kappa shape index (κ2) is 9.65. The molecular weight excluding hydrogens is 448 g/mol. The van der Waals surface area contributed by atoms with Crippen LogP contribution >= 0.6 is 11.6 Å². The largest absolute Gasteiger partial charge is 0.495 e. The van der Waals surface area contributed by atoms with E-state index in [9.17, 15) is 16.8 Å². The van der Waals surface area contributed by atoms with Crippen molar-refractivity contribution < 1.29 is 21.6 Å². The van der Waals surface area contributed by atoms with Gasteiger partial charge in [0.15, 0.2) is 0 Å². The minimum Gasteiger partial charge on any atom is -0.495 e. The second-order valence-corrected chi connectivity index (χ2v) is 11.2. The number of hydrogen-bond donors (Lipinski definition) is 1. The van der Waals surface area contributed by atoms with Crippen LogP contribution in [0.15, 0.2) is 52.3 Å². The molecule has 1 heterocycles. The number of ether oxygens (including phenoxy) is 1. The number of piperidine rings is 1. The molecule has 2 aromatic carbocycles. The Labute approximate surface area is 183 Å². The Hall–Kier alpha value is -1.65. The van der Waals surface area contributed by atoms with Crippen molar-refractivity contribution >= 4 is 31.6 Å². The summed E-state index contributed by atoms with van der Waals surface area (Å²) in [5, 5.41) is 0.293. The fraction of sp³-hybridized carbons (Fsp3) is 0.400. The lowest BCUT2D eigenvalue weighted by atomic mass is 10.2. The summed E-state index contributed by atoms with van der Waals surface area (Å²) >= 11 is 5.92. The topological polar surface area (TPSA) is 92.8 Å². The van der Waals surface area contributed by atoms with E-state index in [-0.39, 0.29) is 22.1 Å². The van der Waals surface area contributed by atoms with Crippen LogP contribution in [0.3, 0.4) is 0 Å². The summed E-state index contributed by atoms with van der Waals surface area (Å²) in [4.78, 5) is 0.234. The predicted octanol–water partition coefficient (Wildman–Crippen LogP) is 3.04. The summed E-state index contributed by atoms with van der Waals surface area (Å²) in [6.45, 7) is 1.26. The molecule has 1 saturated heterocycles. The van der Waals surface area contributed by atoms with Gasteiger partial charge in [0.25, 0.3) is 0 Å². The van der Waals surface area contributed by atoms with Crippen LogP contribution in [0.25, 0.3) is 0 Å². The number of benzene rings is 2. The van der Waals surface area contributed by atoms with Gasteiger partial charge in [-0.3, -0.25) is 0 Å². The van der Waals surface area contributed by atoms with Crippen LogP contribution in [0.4, 0.5) is 0 Å². The Bertz CT molecular complexity index is 1080. The van der Waals surface area contributed by atoms with Crippen LogP contribution in [0.1, 0.15) is 24.8 Å². The average Bonchev–Trinajstić information content (AvgIpc) is 2.74. The third-order valence-corrected chi connectivity index (χ3v) is 8.63. The van der Waals surface area contributed by atoms with Crippen molar-refractivity contribution in [3.8, 4) is 5.75 Å². The monoisotopic (exact) mass is 472 g/mol. The first-order valence-electron chi connectivity index (χ1n) is 9.66. The Balaban J connectivity index is 1.63. The van der Waals surface area contributed by atoms with Crippen molar-refractivity contribution in [1.82, 2.24) is 9.03 Å². The normalized spacial score (nSPS) is 15.8. The van der Waals surface area contributed by atoms with Crippen molar-refractivity contribution in [3.05, 3.63) is 53.1 Å². The fourth-order valence-electron chi connectivity index (χ4n) is 3.35. The number of nitrogens with zero attached hydrogens (tertiary/aromatic N) is 1. The van der Waals surface area contributed by atoms with Crippen LogP contribution in [0, 0.1) is 0 Å². The summed E-state index contributed by atoms with van der Waals surface area (Å²) < 4.78 is 59.7. The number of nitrogens with one attached hydrogen (secondary N) is 1. The van der Waals surface area contributed by atoms with Crippen LogP contribution in [-0.2, 0) is 26.5 Å². The Morgan fingerprint density at radius 2 is 1.67 bits per heavy atom. The average molecular weight is 473 g/mol. The SMILES string of the molecule is COc1ccc(Cl)cc1S(=O)(=O)NCCc1ccc(S(=O)(=O)N2CCCCC2)cc1. The van der Waals surface area contributed by atoms with E-state index in [2.05, 4.69) is 4.72 Å². The molecule has 0 amide bonds. The van der Waals surface area contributed by atoms with Gasteiger partial charge in [-0.15, -0.1) is 0 Å². The smallest absolute Gasteiger partial charge is 0.244 e. The quantitative estimate of drug-likeness (QED) is 0.637. The molecule has 164 valence electrons. The molecule has 0 saturated carbocycles. The maximum absolute atomic E-state index is 12.7. The van der Waals surface area contributed by atoms with Gasteiger partial charge in [-0.1, -0.05) is 30.2 Å². The number of hydrogen-bond acceptors (Lipinski definition) is 5. The predicted molar refractivity (Wildman–Crippen MR) is 116 cm³/mol. The highest BCUT2D eigenvalue weighted by atomic mass is 35.5. The maximum atomic E-state index is 12.7. The zero-order valence-electron chi connectivity index (χ0n) is 16.7. The zero-order valence-corrected chi connectivity index (χ0v) is 19.1. The van der Waals surface area contributed by atoms with E-state index in [1.807, 2.05) is 0 Å². The molecule has 0 unspecified atom stereocenters. The highest BCUT2D eigenvalue weighted by Crippen LogP contribution is 2.27. The number of sulfonamides is 2. The van der Waals surface area contributed by atoms with Crippen LogP contribution in [0.2, 0.25) is 5.02 Å². The van der Waals surface area contributed by atoms with Gasteiger partial charge in [0.05, 0.1) is 12.0 Å². The summed E-state index contributed by atoms with van der Waals surface area (Å²) in [5.41, 5.74) is 0.827. The van der Waals surface area contributed by atoms with Gasteiger partial charge < -0.3 is 4.74 Å². The Morgan fingerprint density at radius 1 is 1.00 bits per heavy atom. The first kappa shape index (κ1) is 23.0. The van der Waals surface area contributed by atoms with E-state index in [1.54, 1.807) is 30.3 Å². The van der Waals surface area contributed by atoms with Crippen molar-refractivity contribution in [2.75, 3.05) is 26.7 Å². The molecular formula is C20H25ClN2O5S2. The fourth-order valence-corrected chi connectivity index (χ4v) is 6.33. The molecule has 1 aliphatic rings. The van der Waals surface area contributed by atoms with Gasteiger partial charge in [-0.25, -0.2) is 21.6 Å². The number of halogens is 1. The molecule has 2 aromatic rings. The molecule has 1 N–H and O–H groups in total. The third-order valence-electron chi connectivity index (χ3n) is 5.00. The van der Waals surface area contributed by atoms with Crippen molar-refractivity contribution in [2.45, 2.75) is 35.5 Å². The summed E-state index contributed by atoms with van der Waals surface area (Å²) in [7, 11) is -5.89. The lowest BCUT2D eigenvalue weighted by molar-refractivity contribution is 0.346. The van der Waals surface area contributed by atoms with E-state index in [4.69, 9.17) is 16.3 Å². The van der Waals surface area contributed by atoms with Crippen molar-refractivity contribution in [2.24, 2.45) is 0 Å². The molecule has 0 radical (unpaired) electrons. The van der Waals surface area contributed by atoms with E-state index in [1.165, 1.54) is 23.5 Å².